The van der Waals surface area contributed by atoms with Gasteiger partial charge < -0.3 is 15.4 Å². The number of pyridine rings is 2. The summed E-state index contributed by atoms with van der Waals surface area (Å²) in [5.41, 5.74) is 4.90. The second-order valence-corrected chi connectivity index (χ2v) is 9.30. The van der Waals surface area contributed by atoms with E-state index < -0.39 is 6.03 Å². The molecule has 0 saturated heterocycles. The monoisotopic (exact) mass is 470 g/mol. The van der Waals surface area contributed by atoms with E-state index >= 15 is 0 Å². The third kappa shape index (κ3) is 4.89. The zero-order valence-electron chi connectivity index (χ0n) is 20.6. The fourth-order valence-corrected chi connectivity index (χ4v) is 4.17. The molecule has 7 nitrogen and oxygen atoms in total. The van der Waals surface area contributed by atoms with Gasteiger partial charge in [0.1, 0.15) is 17.1 Å². The Morgan fingerprint density at radius 1 is 0.971 bits per heavy atom. The number of aromatic nitrogens is 2. The molecule has 0 atom stereocenters. The molecule has 180 valence electrons. The van der Waals surface area contributed by atoms with Crippen LogP contribution in [0.3, 0.4) is 0 Å². The highest BCUT2D eigenvalue weighted by Gasteiger charge is 2.22. The summed E-state index contributed by atoms with van der Waals surface area (Å²) in [7, 11) is 1.58. The average molecular weight is 471 g/mol. The average Bonchev–Trinajstić information content (AvgIpc) is 2.82. The lowest BCUT2D eigenvalue weighted by molar-refractivity contribution is 0.258. The van der Waals surface area contributed by atoms with Crippen LogP contribution in [-0.2, 0) is 0 Å². The van der Waals surface area contributed by atoms with E-state index in [0.717, 1.165) is 33.3 Å². The van der Waals surface area contributed by atoms with E-state index in [9.17, 15) is 14.7 Å². The maximum absolute atomic E-state index is 13.4. The lowest BCUT2D eigenvalue weighted by Gasteiger charge is -2.25. The number of nitrogens with zero attached hydrogens (tertiary/aromatic N) is 2. The van der Waals surface area contributed by atoms with Crippen molar-refractivity contribution in [1.29, 1.82) is 0 Å². The molecule has 0 aliphatic heterocycles. The van der Waals surface area contributed by atoms with Crippen LogP contribution in [-0.4, -0.2) is 28.2 Å². The number of anilines is 2. The number of benzene rings is 2. The van der Waals surface area contributed by atoms with Crippen LogP contribution in [0.1, 0.15) is 50.7 Å². The largest absolute Gasteiger partial charge is 0.508 e. The van der Waals surface area contributed by atoms with Gasteiger partial charge in [-0.15, -0.1) is 0 Å². The molecule has 0 saturated carbocycles. The summed E-state index contributed by atoms with van der Waals surface area (Å²) in [6.45, 7) is 8.30. The normalized spacial score (nSPS) is 11.3. The van der Waals surface area contributed by atoms with Gasteiger partial charge in [-0.1, -0.05) is 39.8 Å². The highest BCUT2D eigenvalue weighted by molar-refractivity contribution is 6.03. The van der Waals surface area contributed by atoms with E-state index in [4.69, 9.17) is 0 Å². The third-order valence-corrected chi connectivity index (χ3v) is 6.12. The van der Waals surface area contributed by atoms with E-state index in [2.05, 4.69) is 55.1 Å². The maximum atomic E-state index is 13.4. The first kappa shape index (κ1) is 24.0. The van der Waals surface area contributed by atoms with E-state index in [1.807, 2.05) is 18.2 Å². The van der Waals surface area contributed by atoms with E-state index in [1.54, 1.807) is 37.5 Å². The minimum Gasteiger partial charge on any atom is -0.508 e. The molecule has 0 spiro atoms. The molecular weight excluding hydrogens is 440 g/mol. The zero-order valence-corrected chi connectivity index (χ0v) is 20.6. The molecule has 4 rings (SSSR count). The molecule has 2 amide bonds. The number of aromatic amines is 1. The smallest absolute Gasteiger partial charge is 0.326 e. The van der Waals surface area contributed by atoms with Gasteiger partial charge in [0.05, 0.1) is 0 Å². The summed E-state index contributed by atoms with van der Waals surface area (Å²) in [5.74, 6) is 0.454. The fourth-order valence-electron chi connectivity index (χ4n) is 4.17. The predicted molar refractivity (Wildman–Crippen MR) is 142 cm³/mol. The first-order chi connectivity index (χ1) is 16.7. The Kier molecular flexibility index (Phi) is 6.60. The van der Waals surface area contributed by atoms with Crippen molar-refractivity contribution in [3.63, 3.8) is 0 Å². The molecule has 2 aromatic heterocycles. The van der Waals surface area contributed by atoms with E-state index in [1.165, 1.54) is 4.90 Å². The zero-order chi connectivity index (χ0) is 25.3. The summed E-state index contributed by atoms with van der Waals surface area (Å²) in [5, 5.41) is 13.8. The number of urea groups is 1. The van der Waals surface area contributed by atoms with Crippen molar-refractivity contribution in [2.24, 2.45) is 0 Å². The molecule has 0 bridgehead atoms. The fraction of sp³-hybridized carbons (Fsp3) is 0.250. The van der Waals surface area contributed by atoms with Crippen LogP contribution in [0.15, 0.2) is 65.6 Å². The van der Waals surface area contributed by atoms with Gasteiger partial charge >= 0.3 is 6.03 Å². The Morgan fingerprint density at radius 2 is 1.66 bits per heavy atom. The topological polar surface area (TPSA) is 98.3 Å². The van der Waals surface area contributed by atoms with Crippen LogP contribution in [0.4, 0.5) is 16.2 Å². The number of aromatic hydroxyl groups is 1. The number of carbonyl (C=O) groups excluding carboxylic acids is 1. The molecule has 0 radical (unpaired) electrons. The molecule has 4 aromatic rings. The molecule has 0 fully saturated rings. The summed E-state index contributed by atoms with van der Waals surface area (Å²) < 4.78 is 0. The quantitative estimate of drug-likeness (QED) is 0.323. The van der Waals surface area contributed by atoms with E-state index in [-0.39, 0.29) is 28.8 Å². The minimum absolute atomic E-state index is 0.125. The number of fused-ring (bicyclic) bond motifs is 1. The highest BCUT2D eigenvalue weighted by Crippen LogP contribution is 2.38. The van der Waals surface area contributed by atoms with Gasteiger partial charge in [-0.25, -0.2) is 9.78 Å². The van der Waals surface area contributed by atoms with Crippen LogP contribution in [0.2, 0.25) is 0 Å². The Balaban J connectivity index is 1.75. The van der Waals surface area contributed by atoms with Crippen LogP contribution in [0, 0.1) is 0 Å². The molecule has 0 unspecified atom stereocenters. The number of nitrogens with one attached hydrogen (secondary N) is 2. The van der Waals surface area contributed by atoms with Crippen molar-refractivity contribution < 1.29 is 9.90 Å². The van der Waals surface area contributed by atoms with Crippen molar-refractivity contribution >= 4 is 28.4 Å². The molecular formula is C28H30N4O3. The SMILES string of the molecule is CC(C)c1cc(-c2cccc(O)c2)cc(C(C)C)c1NC(=O)N(C)c1cc2cccnc2[nH]c1=O. The Bertz CT molecular complexity index is 1430. The van der Waals surface area contributed by atoms with Gasteiger partial charge in [0.15, 0.2) is 0 Å². The molecule has 2 heterocycles. The highest BCUT2D eigenvalue weighted by atomic mass is 16.3. The third-order valence-electron chi connectivity index (χ3n) is 6.12. The van der Waals surface area contributed by atoms with Crippen molar-refractivity contribution in [3.8, 4) is 16.9 Å². The number of hydrogen-bond donors (Lipinski definition) is 3. The van der Waals surface area contributed by atoms with Gasteiger partial charge in [-0.2, -0.15) is 0 Å². The van der Waals surface area contributed by atoms with E-state index in [0.29, 0.717) is 5.65 Å². The molecule has 0 aliphatic rings. The number of phenols is 1. The molecule has 7 heteroatoms. The number of rotatable bonds is 5. The molecule has 35 heavy (non-hydrogen) atoms. The molecule has 3 N–H and O–H groups in total. The number of hydrogen-bond acceptors (Lipinski definition) is 4. The Labute approximate surface area is 204 Å². The van der Waals surface area contributed by atoms with Crippen LogP contribution < -0.4 is 15.8 Å². The summed E-state index contributed by atoms with van der Waals surface area (Å²) in [6.07, 6.45) is 1.61. The maximum Gasteiger partial charge on any atom is 0.326 e. The van der Waals surface area contributed by atoms with Crippen molar-refractivity contribution in [2.45, 2.75) is 39.5 Å². The second-order valence-electron chi connectivity index (χ2n) is 9.30. The standard InChI is InChI=1S/C28H30N4O3/c1-16(2)22-13-20(18-8-6-10-21(33)12-18)14-23(17(3)4)25(22)30-28(35)32(5)24-15-19-9-7-11-29-26(19)31-27(24)34/h6-17,33H,1-5H3,(H,30,35)(H,29,31,34). The van der Waals surface area contributed by atoms with Crippen molar-refractivity contribution in [3.05, 3.63) is 82.3 Å². The number of H-pyrrole nitrogens is 1. The van der Waals surface area contributed by atoms with Crippen molar-refractivity contribution in [2.75, 3.05) is 17.3 Å². The van der Waals surface area contributed by atoms with Crippen LogP contribution >= 0.6 is 0 Å². The second kappa shape index (κ2) is 9.62. The van der Waals surface area contributed by atoms with Crippen LogP contribution in [0.5, 0.6) is 5.75 Å². The van der Waals surface area contributed by atoms with Crippen LogP contribution in [0.25, 0.3) is 22.2 Å². The van der Waals surface area contributed by atoms with Gasteiger partial charge in [-0.05, 0) is 76.6 Å². The lowest BCUT2D eigenvalue weighted by atomic mass is 9.88. The van der Waals surface area contributed by atoms with Gasteiger partial charge in [-0.3, -0.25) is 9.69 Å². The number of carbonyl (C=O) groups is 1. The lowest BCUT2D eigenvalue weighted by Crippen LogP contribution is -2.35. The van der Waals surface area contributed by atoms with Crippen molar-refractivity contribution in [1.82, 2.24) is 9.97 Å². The minimum atomic E-state index is -0.410. The number of amides is 2. The predicted octanol–water partition coefficient (Wildman–Crippen LogP) is 6.21. The molecule has 2 aromatic carbocycles. The first-order valence-corrected chi connectivity index (χ1v) is 11.7. The number of phenolic OH excluding ortho intramolecular Hbond substituents is 1. The molecule has 0 aliphatic carbocycles. The summed E-state index contributed by atoms with van der Waals surface area (Å²) in [6, 6.07) is 16.1. The Hall–Kier alpha value is -4.13. The van der Waals surface area contributed by atoms with Gasteiger partial charge in [0.25, 0.3) is 5.56 Å². The Morgan fingerprint density at radius 3 is 2.29 bits per heavy atom. The van der Waals surface area contributed by atoms with Gasteiger partial charge in [0.2, 0.25) is 0 Å². The summed E-state index contributed by atoms with van der Waals surface area (Å²) >= 11 is 0. The first-order valence-electron chi connectivity index (χ1n) is 11.7. The summed E-state index contributed by atoms with van der Waals surface area (Å²) in [4.78, 5) is 34.3. The van der Waals surface area contributed by atoms with Gasteiger partial charge in [0, 0.05) is 24.3 Å².